The molecular weight excluding hydrogens is 330 g/mol. The molecule has 7 nitrogen and oxygen atoms in total. The number of aromatic nitrogens is 5. The summed E-state index contributed by atoms with van der Waals surface area (Å²) in [5, 5.41) is 14.3. The second-order valence-corrected chi connectivity index (χ2v) is 6.14. The van der Waals surface area contributed by atoms with Crippen LogP contribution in [0.5, 0.6) is 0 Å². The van der Waals surface area contributed by atoms with Gasteiger partial charge in [-0.05, 0) is 30.7 Å². The lowest BCUT2D eigenvalue weighted by Crippen LogP contribution is -2.29. The largest absolute Gasteiger partial charge is 0.296 e. The Hall–Kier alpha value is -3.35. The van der Waals surface area contributed by atoms with E-state index in [1.165, 1.54) is 0 Å². The second-order valence-electron chi connectivity index (χ2n) is 6.14. The summed E-state index contributed by atoms with van der Waals surface area (Å²) in [7, 11) is 0. The molecule has 0 atom stereocenters. The van der Waals surface area contributed by atoms with E-state index in [9.17, 15) is 9.59 Å². The van der Waals surface area contributed by atoms with E-state index >= 15 is 0 Å². The normalized spacial score (nSPS) is 11.3. The number of aryl methyl sites for hydroxylation is 2. The highest BCUT2D eigenvalue weighted by molar-refractivity contribution is 5.99. The van der Waals surface area contributed by atoms with E-state index in [-0.39, 0.29) is 17.9 Å². The summed E-state index contributed by atoms with van der Waals surface area (Å²) in [6.07, 6.45) is 0. The van der Waals surface area contributed by atoms with Crippen molar-refractivity contribution >= 4 is 27.6 Å². The summed E-state index contributed by atoms with van der Waals surface area (Å²) in [4.78, 5) is 25.4. The van der Waals surface area contributed by atoms with Crippen LogP contribution < -0.4 is 5.56 Å². The molecule has 0 bridgehead atoms. The van der Waals surface area contributed by atoms with Gasteiger partial charge >= 0.3 is 0 Å². The molecule has 2 aromatic carbocycles. The standard InChI is InChI=1S/C19H17N5O2/c1-3-23-18-17(12(2)21-23)20-22-24(19(18)26)11-16(25)15-9-8-13-6-4-5-7-14(13)10-15/h4-10H,3,11H2,1-2H3. The van der Waals surface area contributed by atoms with Gasteiger partial charge < -0.3 is 0 Å². The van der Waals surface area contributed by atoms with Crippen molar-refractivity contribution in [1.82, 2.24) is 24.8 Å². The van der Waals surface area contributed by atoms with Gasteiger partial charge in [-0.3, -0.25) is 14.3 Å². The SMILES string of the molecule is CCn1nc(C)c2nnn(CC(=O)c3ccc4ccccc4c3)c(=O)c21. The molecule has 7 heteroatoms. The molecule has 2 heterocycles. The van der Waals surface area contributed by atoms with Crippen LogP contribution in [-0.2, 0) is 13.1 Å². The van der Waals surface area contributed by atoms with Gasteiger partial charge in [0.25, 0.3) is 5.56 Å². The van der Waals surface area contributed by atoms with Crippen molar-refractivity contribution in [3.05, 3.63) is 64.1 Å². The minimum Gasteiger partial charge on any atom is -0.292 e. The quantitative estimate of drug-likeness (QED) is 0.529. The Labute approximate surface area is 148 Å². The fraction of sp³-hybridized carbons (Fsp3) is 0.211. The van der Waals surface area contributed by atoms with Crippen molar-refractivity contribution in [3.63, 3.8) is 0 Å². The molecule has 0 amide bonds. The Morgan fingerprint density at radius 3 is 2.62 bits per heavy atom. The van der Waals surface area contributed by atoms with Crippen LogP contribution in [-0.4, -0.2) is 30.6 Å². The number of rotatable bonds is 4. The molecule has 0 aliphatic rings. The van der Waals surface area contributed by atoms with Crippen molar-refractivity contribution in [2.24, 2.45) is 0 Å². The number of Topliss-reactive ketones (excluding diaryl/α,β-unsaturated/α-hetero) is 1. The highest BCUT2D eigenvalue weighted by Crippen LogP contribution is 2.16. The van der Waals surface area contributed by atoms with Gasteiger partial charge in [-0.2, -0.15) is 5.10 Å². The lowest BCUT2D eigenvalue weighted by atomic mass is 10.0. The van der Waals surface area contributed by atoms with Gasteiger partial charge in [-0.25, -0.2) is 4.68 Å². The molecule has 0 saturated carbocycles. The third kappa shape index (κ3) is 2.57. The smallest absolute Gasteiger partial charge is 0.292 e. The summed E-state index contributed by atoms with van der Waals surface area (Å²) in [5.41, 5.74) is 1.70. The number of carbonyl (C=O) groups excluding carboxylic acids is 1. The van der Waals surface area contributed by atoms with Crippen molar-refractivity contribution in [2.75, 3.05) is 0 Å². The number of hydrogen-bond acceptors (Lipinski definition) is 5. The molecule has 0 radical (unpaired) electrons. The van der Waals surface area contributed by atoms with Crippen LogP contribution in [0.15, 0.2) is 47.3 Å². The average molecular weight is 347 g/mol. The molecule has 26 heavy (non-hydrogen) atoms. The minimum absolute atomic E-state index is 0.159. The van der Waals surface area contributed by atoms with Crippen molar-refractivity contribution in [2.45, 2.75) is 26.9 Å². The van der Waals surface area contributed by atoms with Crippen molar-refractivity contribution < 1.29 is 4.79 Å². The monoisotopic (exact) mass is 347 g/mol. The zero-order chi connectivity index (χ0) is 18.3. The summed E-state index contributed by atoms with van der Waals surface area (Å²) >= 11 is 0. The maximum atomic E-state index is 12.7. The lowest BCUT2D eigenvalue weighted by Gasteiger charge is -2.05. The topological polar surface area (TPSA) is 82.7 Å². The van der Waals surface area contributed by atoms with E-state index in [0.717, 1.165) is 15.5 Å². The molecule has 2 aromatic heterocycles. The Balaban J connectivity index is 1.73. The van der Waals surface area contributed by atoms with Crippen molar-refractivity contribution in [1.29, 1.82) is 0 Å². The molecule has 130 valence electrons. The zero-order valence-electron chi connectivity index (χ0n) is 14.5. The molecule has 0 aliphatic heterocycles. The number of carbonyl (C=O) groups is 1. The van der Waals surface area contributed by atoms with E-state index in [1.807, 2.05) is 43.3 Å². The van der Waals surface area contributed by atoms with Gasteiger partial charge in [0.2, 0.25) is 0 Å². The number of ketones is 1. The maximum Gasteiger partial charge on any atom is 0.296 e. The molecular formula is C19H17N5O2. The minimum atomic E-state index is -0.355. The number of hydrogen-bond donors (Lipinski definition) is 0. The molecule has 0 fully saturated rings. The van der Waals surface area contributed by atoms with Gasteiger partial charge in [0.1, 0.15) is 12.1 Å². The molecule has 0 aliphatic carbocycles. The maximum absolute atomic E-state index is 12.7. The van der Waals surface area contributed by atoms with Crippen LogP contribution in [0.1, 0.15) is 23.0 Å². The molecule has 4 rings (SSSR count). The van der Waals surface area contributed by atoms with E-state index in [0.29, 0.717) is 28.8 Å². The molecule has 0 N–H and O–H groups in total. The Morgan fingerprint density at radius 2 is 1.85 bits per heavy atom. The van der Waals surface area contributed by atoms with Gasteiger partial charge in [-0.1, -0.05) is 41.6 Å². The van der Waals surface area contributed by atoms with E-state index in [1.54, 1.807) is 17.7 Å². The van der Waals surface area contributed by atoms with Crippen LogP contribution in [0.4, 0.5) is 0 Å². The lowest BCUT2D eigenvalue weighted by molar-refractivity contribution is 0.0964. The Kier molecular flexibility index (Phi) is 3.84. The van der Waals surface area contributed by atoms with Crippen LogP contribution in [0, 0.1) is 6.92 Å². The summed E-state index contributed by atoms with van der Waals surface area (Å²) < 4.78 is 2.70. The first-order chi connectivity index (χ1) is 12.6. The Bertz CT molecular complexity index is 1210. The predicted octanol–water partition coefficient (Wildman–Crippen LogP) is 2.35. The summed E-state index contributed by atoms with van der Waals surface area (Å²) in [5.74, 6) is -0.189. The number of nitrogens with zero attached hydrogens (tertiary/aromatic N) is 5. The second kappa shape index (κ2) is 6.18. The third-order valence-corrected chi connectivity index (χ3v) is 4.45. The zero-order valence-corrected chi connectivity index (χ0v) is 14.5. The Morgan fingerprint density at radius 1 is 1.08 bits per heavy atom. The van der Waals surface area contributed by atoms with Gasteiger partial charge in [-0.15, -0.1) is 5.10 Å². The predicted molar refractivity (Wildman–Crippen MR) is 98.3 cm³/mol. The highest BCUT2D eigenvalue weighted by atomic mass is 16.1. The first kappa shape index (κ1) is 16.1. The molecule has 4 aromatic rings. The van der Waals surface area contributed by atoms with Crippen LogP contribution in [0.3, 0.4) is 0 Å². The van der Waals surface area contributed by atoms with E-state index in [2.05, 4.69) is 15.4 Å². The first-order valence-electron chi connectivity index (χ1n) is 8.41. The molecule has 0 saturated heterocycles. The van der Waals surface area contributed by atoms with Crippen molar-refractivity contribution in [3.8, 4) is 0 Å². The number of benzene rings is 2. The first-order valence-corrected chi connectivity index (χ1v) is 8.41. The highest BCUT2D eigenvalue weighted by Gasteiger charge is 2.17. The van der Waals surface area contributed by atoms with Crippen LogP contribution in [0.2, 0.25) is 0 Å². The third-order valence-electron chi connectivity index (χ3n) is 4.45. The fourth-order valence-electron chi connectivity index (χ4n) is 3.09. The fourth-order valence-corrected chi connectivity index (χ4v) is 3.09. The van der Waals surface area contributed by atoms with Crippen LogP contribution >= 0.6 is 0 Å². The van der Waals surface area contributed by atoms with Gasteiger partial charge in [0.05, 0.1) is 5.69 Å². The van der Waals surface area contributed by atoms with Crippen LogP contribution in [0.25, 0.3) is 21.8 Å². The molecule has 0 spiro atoms. The molecule has 0 unspecified atom stereocenters. The summed E-state index contributed by atoms with van der Waals surface area (Å²) in [6.45, 7) is 4.07. The summed E-state index contributed by atoms with van der Waals surface area (Å²) in [6, 6.07) is 13.3. The van der Waals surface area contributed by atoms with E-state index in [4.69, 9.17) is 0 Å². The van der Waals surface area contributed by atoms with Gasteiger partial charge in [0.15, 0.2) is 11.3 Å². The number of fused-ring (bicyclic) bond motifs is 2. The van der Waals surface area contributed by atoms with Gasteiger partial charge in [0, 0.05) is 12.1 Å². The van der Waals surface area contributed by atoms with E-state index < -0.39 is 0 Å². The average Bonchev–Trinajstić information content (AvgIpc) is 3.00.